The highest BCUT2D eigenvalue weighted by atomic mass is 16.4. The molecule has 0 aromatic carbocycles. The number of carbonyl (C=O) groups excluding carboxylic acids is 1. The fourth-order valence-corrected chi connectivity index (χ4v) is 5.52. The Bertz CT molecular complexity index is 637. The molecule has 0 aliphatic carbocycles. The van der Waals surface area contributed by atoms with Crippen molar-refractivity contribution in [2.45, 2.75) is 130 Å². The summed E-state index contributed by atoms with van der Waals surface area (Å²) in [5.41, 5.74) is 0. The van der Waals surface area contributed by atoms with E-state index in [9.17, 15) is 29.7 Å². The molecule has 7 heteroatoms. The van der Waals surface area contributed by atoms with Gasteiger partial charge in [0, 0.05) is 11.9 Å². The summed E-state index contributed by atoms with van der Waals surface area (Å²) in [4.78, 5) is 34.7. The maximum Gasteiger partial charge on any atom is 0.311 e. The van der Waals surface area contributed by atoms with Crippen LogP contribution in [0.3, 0.4) is 0 Å². The molecule has 0 aliphatic rings. The van der Waals surface area contributed by atoms with Gasteiger partial charge in [0.15, 0.2) is 0 Å². The predicted molar refractivity (Wildman–Crippen MR) is 156 cm³/mol. The first kappa shape index (κ1) is 37.1. The van der Waals surface area contributed by atoms with Crippen LogP contribution in [-0.2, 0) is 14.4 Å². The van der Waals surface area contributed by atoms with Crippen LogP contribution in [-0.4, -0.2) is 58.8 Å². The third-order valence-electron chi connectivity index (χ3n) is 7.87. The molecular weight excluding hydrogens is 494 g/mol. The summed E-state index contributed by atoms with van der Waals surface area (Å²) in [5, 5.41) is 30.5. The van der Waals surface area contributed by atoms with E-state index in [1.165, 1.54) is 70.6 Å². The zero-order valence-electron chi connectivity index (χ0n) is 25.5. The Kier molecular flexibility index (Phi) is 21.8. The third-order valence-corrected chi connectivity index (χ3v) is 7.87. The van der Waals surface area contributed by atoms with Crippen molar-refractivity contribution >= 4 is 17.9 Å². The molecule has 0 aromatic rings. The van der Waals surface area contributed by atoms with Crippen molar-refractivity contribution < 1.29 is 34.2 Å². The zero-order chi connectivity index (χ0) is 29.5. The van der Waals surface area contributed by atoms with Gasteiger partial charge in [0.05, 0.1) is 26.2 Å². The molecule has 228 valence electrons. The van der Waals surface area contributed by atoms with Crippen molar-refractivity contribution in [2.24, 2.45) is 17.8 Å². The van der Waals surface area contributed by atoms with Gasteiger partial charge in [-0.1, -0.05) is 90.2 Å². The van der Waals surface area contributed by atoms with E-state index in [0.29, 0.717) is 6.54 Å². The van der Waals surface area contributed by atoms with E-state index in [0.717, 1.165) is 32.1 Å². The summed E-state index contributed by atoms with van der Waals surface area (Å²) in [5.74, 6) is -5.25. The van der Waals surface area contributed by atoms with Crippen molar-refractivity contribution in [3.05, 3.63) is 12.2 Å². The fourth-order valence-electron chi connectivity index (χ4n) is 5.52. The highest BCUT2D eigenvalue weighted by molar-refractivity contribution is 5.70. The molecule has 0 radical (unpaired) electrons. The van der Waals surface area contributed by atoms with Crippen LogP contribution >= 0.6 is 0 Å². The first-order valence-electron chi connectivity index (χ1n) is 15.7. The number of unbranched alkanes of at least 4 members (excludes halogenated alkanes) is 14. The number of quaternary nitrogens is 1. The molecule has 0 amide bonds. The zero-order valence-corrected chi connectivity index (χ0v) is 25.5. The van der Waals surface area contributed by atoms with Gasteiger partial charge in [0.2, 0.25) is 0 Å². The predicted octanol–water partition coefficient (Wildman–Crippen LogP) is 6.45. The van der Waals surface area contributed by atoms with E-state index in [1.807, 2.05) is 0 Å². The Hall–Kier alpha value is -1.89. The van der Waals surface area contributed by atoms with E-state index in [4.69, 9.17) is 0 Å². The Balaban J connectivity index is 4.41. The molecule has 0 saturated carbocycles. The Morgan fingerprint density at radius 3 is 1.36 bits per heavy atom. The lowest BCUT2D eigenvalue weighted by molar-refractivity contribution is -0.934. The minimum atomic E-state index is -1.18. The maximum atomic E-state index is 11.6. The molecule has 0 aliphatic heterocycles. The quantitative estimate of drug-likeness (QED) is 0.0686. The second kappa shape index (κ2) is 22.9. The van der Waals surface area contributed by atoms with Crippen LogP contribution in [0.2, 0.25) is 0 Å². The molecule has 7 nitrogen and oxygen atoms in total. The lowest BCUT2D eigenvalue weighted by atomic mass is 10.0. The lowest BCUT2D eigenvalue weighted by Gasteiger charge is -2.43. The van der Waals surface area contributed by atoms with E-state index in [2.05, 4.69) is 19.1 Å². The molecule has 39 heavy (non-hydrogen) atoms. The monoisotopic (exact) mass is 553 g/mol. The number of rotatable bonds is 27. The van der Waals surface area contributed by atoms with Gasteiger partial charge in [0.25, 0.3) is 0 Å². The topological polar surface area (TPSA) is 115 Å². The molecule has 0 aromatic heterocycles. The molecule has 0 bridgehead atoms. The van der Waals surface area contributed by atoms with Gasteiger partial charge in [-0.2, -0.15) is 0 Å². The largest absolute Gasteiger partial charge is 0.550 e. The van der Waals surface area contributed by atoms with Crippen LogP contribution < -0.4 is 5.11 Å². The molecule has 0 rings (SSSR count). The van der Waals surface area contributed by atoms with Crippen molar-refractivity contribution in [3.63, 3.8) is 0 Å². The van der Waals surface area contributed by atoms with Gasteiger partial charge in [-0.05, 0) is 52.4 Å². The Morgan fingerprint density at radius 2 is 0.974 bits per heavy atom. The molecule has 3 atom stereocenters. The first-order valence-corrected chi connectivity index (χ1v) is 15.7. The average Bonchev–Trinajstić information content (AvgIpc) is 2.87. The highest BCUT2D eigenvalue weighted by Crippen LogP contribution is 2.22. The van der Waals surface area contributed by atoms with Crippen LogP contribution in [0.25, 0.3) is 0 Å². The molecule has 0 spiro atoms. The number of aliphatic carboxylic acids is 3. The van der Waals surface area contributed by atoms with Crippen LogP contribution in [0, 0.1) is 17.8 Å². The van der Waals surface area contributed by atoms with Crippen LogP contribution in [0.1, 0.15) is 130 Å². The van der Waals surface area contributed by atoms with E-state index >= 15 is 0 Å². The molecule has 0 fully saturated rings. The number of carboxylic acids is 3. The number of carboxylic acid groups (broad SMARTS) is 3. The normalized spacial score (nSPS) is 15.6. The van der Waals surface area contributed by atoms with Gasteiger partial charge >= 0.3 is 11.9 Å². The van der Waals surface area contributed by atoms with Crippen LogP contribution in [0.5, 0.6) is 0 Å². The van der Waals surface area contributed by atoms with Gasteiger partial charge in [-0.25, -0.2) is 0 Å². The molecule has 0 saturated heterocycles. The van der Waals surface area contributed by atoms with Gasteiger partial charge in [0.1, 0.15) is 11.8 Å². The summed E-state index contributed by atoms with van der Waals surface area (Å²) in [7, 11) is 0. The number of hydrogen-bond donors (Lipinski definition) is 2. The summed E-state index contributed by atoms with van der Waals surface area (Å²) >= 11 is 0. The Morgan fingerprint density at radius 1 is 0.615 bits per heavy atom. The number of hydrogen-bond acceptors (Lipinski definition) is 4. The SMILES string of the molecule is CCCCCCCCCC/C=C/CCCCCCCC[N+](CC(C)C(=O)[O-])(CC(C)C(=O)O)CC(C)C(=O)O. The number of allylic oxidation sites excluding steroid dienone is 2. The van der Waals surface area contributed by atoms with E-state index in [-0.39, 0.29) is 24.1 Å². The highest BCUT2D eigenvalue weighted by Gasteiger charge is 2.36. The van der Waals surface area contributed by atoms with Crippen molar-refractivity contribution in [2.75, 3.05) is 26.2 Å². The molecule has 0 heterocycles. The minimum Gasteiger partial charge on any atom is -0.550 e. The standard InChI is InChI=1S/C32H59NO6/c1-5-6-7-8-9-10-11-12-13-14-15-16-17-18-19-20-21-22-23-33(24-27(2)30(34)35,25-28(3)31(36)37)26-29(4)32(38)39/h14-15,27-29H,5-13,16-26H2,1-4H3,(H2-,34,35,36,37,38,39)/b15-14+. The summed E-state index contributed by atoms with van der Waals surface area (Å²) in [6.45, 7) is 8.22. The van der Waals surface area contributed by atoms with Crippen molar-refractivity contribution in [3.8, 4) is 0 Å². The molecule has 2 N–H and O–H groups in total. The second-order valence-electron chi connectivity index (χ2n) is 12.0. The summed E-state index contributed by atoms with van der Waals surface area (Å²) in [6.07, 6.45) is 24.2. The number of nitrogens with zero attached hydrogens (tertiary/aromatic N) is 1. The van der Waals surface area contributed by atoms with E-state index in [1.54, 1.807) is 20.8 Å². The summed E-state index contributed by atoms with van der Waals surface area (Å²) < 4.78 is 0.180. The van der Waals surface area contributed by atoms with E-state index < -0.39 is 35.7 Å². The average molecular weight is 554 g/mol. The van der Waals surface area contributed by atoms with Gasteiger partial charge in [-0.3, -0.25) is 9.59 Å². The number of carbonyl (C=O) groups is 3. The van der Waals surface area contributed by atoms with Crippen molar-refractivity contribution in [1.29, 1.82) is 0 Å². The maximum absolute atomic E-state index is 11.6. The second-order valence-corrected chi connectivity index (χ2v) is 12.0. The third kappa shape index (κ3) is 19.8. The first-order chi connectivity index (χ1) is 18.5. The van der Waals surface area contributed by atoms with Gasteiger partial charge < -0.3 is 24.6 Å². The fraction of sp³-hybridized carbons (Fsp3) is 0.844. The molecular formula is C32H59NO6. The van der Waals surface area contributed by atoms with Crippen LogP contribution in [0.4, 0.5) is 0 Å². The Labute approximate surface area is 238 Å². The van der Waals surface area contributed by atoms with Crippen LogP contribution in [0.15, 0.2) is 12.2 Å². The minimum absolute atomic E-state index is 0.180. The van der Waals surface area contributed by atoms with Gasteiger partial charge in [-0.15, -0.1) is 0 Å². The summed E-state index contributed by atoms with van der Waals surface area (Å²) in [6, 6.07) is 0. The smallest absolute Gasteiger partial charge is 0.311 e. The van der Waals surface area contributed by atoms with Crippen molar-refractivity contribution in [1.82, 2.24) is 0 Å². The lowest BCUT2D eigenvalue weighted by Crippen LogP contribution is -2.58. The molecule has 3 unspecified atom stereocenters.